The lowest BCUT2D eigenvalue weighted by Gasteiger charge is -2.25. The van der Waals surface area contributed by atoms with Crippen LogP contribution in [0.2, 0.25) is 0 Å². The van der Waals surface area contributed by atoms with Crippen molar-refractivity contribution in [2.75, 3.05) is 25.5 Å². The van der Waals surface area contributed by atoms with Crippen LogP contribution in [-0.4, -0.2) is 26.2 Å². The van der Waals surface area contributed by atoms with E-state index in [0.717, 1.165) is 18.8 Å². The molecule has 1 aliphatic rings. The molecule has 0 spiro atoms. The van der Waals surface area contributed by atoms with Crippen molar-refractivity contribution < 1.29 is 4.74 Å². The molecule has 1 aromatic carbocycles. The molecule has 0 bridgehead atoms. The van der Waals surface area contributed by atoms with Crippen LogP contribution in [0.15, 0.2) is 18.2 Å². The average Bonchev–Trinajstić information content (AvgIpc) is 2.33. The molecular weight excluding hydrogens is 200 g/mol. The van der Waals surface area contributed by atoms with Crippen LogP contribution in [0.5, 0.6) is 5.75 Å². The first-order valence-electron chi connectivity index (χ1n) is 5.91. The molecule has 88 valence electrons. The fraction of sp³-hybridized carbons (Fsp3) is 0.538. The molecule has 0 aromatic heterocycles. The maximum absolute atomic E-state index is 5.20. The summed E-state index contributed by atoms with van der Waals surface area (Å²) < 4.78 is 5.20. The number of nitrogens with one attached hydrogen (secondary N) is 2. The molecule has 1 unspecified atom stereocenters. The lowest BCUT2D eigenvalue weighted by atomic mass is 10.1. The van der Waals surface area contributed by atoms with Gasteiger partial charge < -0.3 is 15.4 Å². The van der Waals surface area contributed by atoms with Crippen molar-refractivity contribution in [1.29, 1.82) is 0 Å². The lowest BCUT2D eigenvalue weighted by molar-refractivity contribution is 0.414. The molecule has 1 fully saturated rings. The third-order valence-corrected chi connectivity index (χ3v) is 3.09. The van der Waals surface area contributed by atoms with Crippen LogP contribution in [-0.2, 0) is 0 Å². The minimum atomic E-state index is 0.556. The Hall–Kier alpha value is -1.22. The topological polar surface area (TPSA) is 33.3 Å². The maximum atomic E-state index is 5.20. The molecule has 3 nitrogen and oxygen atoms in total. The number of hydrogen-bond donors (Lipinski definition) is 2. The van der Waals surface area contributed by atoms with E-state index in [9.17, 15) is 0 Å². The molecule has 2 rings (SSSR count). The minimum Gasteiger partial charge on any atom is -0.497 e. The van der Waals surface area contributed by atoms with Crippen LogP contribution >= 0.6 is 0 Å². The first kappa shape index (κ1) is 11.3. The minimum absolute atomic E-state index is 0.556. The van der Waals surface area contributed by atoms with E-state index in [-0.39, 0.29) is 0 Å². The van der Waals surface area contributed by atoms with Gasteiger partial charge in [0.1, 0.15) is 5.75 Å². The van der Waals surface area contributed by atoms with Crippen molar-refractivity contribution in [3.63, 3.8) is 0 Å². The van der Waals surface area contributed by atoms with Crippen LogP contribution in [0.4, 0.5) is 5.69 Å². The van der Waals surface area contributed by atoms with Crippen LogP contribution in [0.25, 0.3) is 0 Å². The van der Waals surface area contributed by atoms with Gasteiger partial charge in [-0.3, -0.25) is 0 Å². The van der Waals surface area contributed by atoms with Crippen molar-refractivity contribution in [3.8, 4) is 5.75 Å². The van der Waals surface area contributed by atoms with E-state index in [4.69, 9.17) is 4.74 Å². The molecule has 3 heteroatoms. The highest BCUT2D eigenvalue weighted by atomic mass is 16.5. The Bertz CT molecular complexity index is 346. The summed E-state index contributed by atoms with van der Waals surface area (Å²) in [5.41, 5.74) is 2.46. The summed E-state index contributed by atoms with van der Waals surface area (Å²) in [6.07, 6.45) is 2.51. The zero-order chi connectivity index (χ0) is 11.4. The van der Waals surface area contributed by atoms with Crippen molar-refractivity contribution >= 4 is 5.69 Å². The Morgan fingerprint density at radius 3 is 2.94 bits per heavy atom. The Kier molecular flexibility index (Phi) is 3.67. The van der Waals surface area contributed by atoms with Gasteiger partial charge in [0.15, 0.2) is 0 Å². The van der Waals surface area contributed by atoms with E-state index in [1.807, 2.05) is 6.07 Å². The summed E-state index contributed by atoms with van der Waals surface area (Å²) in [7, 11) is 1.70. The molecule has 0 radical (unpaired) electrons. The summed E-state index contributed by atoms with van der Waals surface area (Å²) >= 11 is 0. The largest absolute Gasteiger partial charge is 0.497 e. The zero-order valence-corrected chi connectivity index (χ0v) is 10.0. The fourth-order valence-corrected chi connectivity index (χ4v) is 2.12. The van der Waals surface area contributed by atoms with Crippen LogP contribution in [0.1, 0.15) is 18.4 Å². The second-order valence-corrected chi connectivity index (χ2v) is 4.37. The first-order chi connectivity index (χ1) is 7.79. The summed E-state index contributed by atoms with van der Waals surface area (Å²) in [4.78, 5) is 0. The van der Waals surface area contributed by atoms with E-state index in [1.54, 1.807) is 7.11 Å². The normalized spacial score (nSPS) is 20.5. The fourth-order valence-electron chi connectivity index (χ4n) is 2.12. The number of hydrogen-bond acceptors (Lipinski definition) is 3. The van der Waals surface area contributed by atoms with Crippen molar-refractivity contribution in [1.82, 2.24) is 5.32 Å². The zero-order valence-electron chi connectivity index (χ0n) is 10.0. The molecule has 1 saturated heterocycles. The van der Waals surface area contributed by atoms with E-state index in [1.165, 1.54) is 24.1 Å². The van der Waals surface area contributed by atoms with Gasteiger partial charge in [-0.05, 0) is 50.1 Å². The molecule has 1 aliphatic heterocycles. The number of benzene rings is 1. The van der Waals surface area contributed by atoms with Gasteiger partial charge in [-0.15, -0.1) is 0 Å². The summed E-state index contributed by atoms with van der Waals surface area (Å²) in [5.74, 6) is 0.921. The predicted molar refractivity (Wildman–Crippen MR) is 67.2 cm³/mol. The van der Waals surface area contributed by atoms with E-state index < -0.39 is 0 Å². The molecule has 0 aliphatic carbocycles. The van der Waals surface area contributed by atoms with Crippen molar-refractivity contribution in [2.24, 2.45) is 0 Å². The lowest BCUT2D eigenvalue weighted by Crippen LogP contribution is -2.38. The summed E-state index contributed by atoms with van der Waals surface area (Å²) in [6, 6.07) is 6.73. The summed E-state index contributed by atoms with van der Waals surface area (Å²) in [5, 5.41) is 6.99. The van der Waals surface area contributed by atoms with Gasteiger partial charge in [0.25, 0.3) is 0 Å². The van der Waals surface area contributed by atoms with Gasteiger partial charge in [0, 0.05) is 18.3 Å². The van der Waals surface area contributed by atoms with E-state index in [2.05, 4.69) is 29.7 Å². The second-order valence-electron chi connectivity index (χ2n) is 4.37. The highest BCUT2D eigenvalue weighted by Crippen LogP contribution is 2.22. The number of aryl methyl sites for hydroxylation is 1. The Balaban J connectivity index is 2.03. The van der Waals surface area contributed by atoms with Crippen molar-refractivity contribution in [3.05, 3.63) is 23.8 Å². The van der Waals surface area contributed by atoms with Crippen LogP contribution in [0.3, 0.4) is 0 Å². The Labute approximate surface area is 97.2 Å². The standard InChI is InChI=1S/C13H20N2O/c1-10-8-12(16-2)5-6-13(10)15-11-4-3-7-14-9-11/h5-6,8,11,14-15H,3-4,7,9H2,1-2H3. The smallest absolute Gasteiger partial charge is 0.119 e. The molecule has 0 saturated carbocycles. The van der Waals surface area contributed by atoms with Gasteiger partial charge in [0.2, 0.25) is 0 Å². The molecule has 1 aromatic rings. The number of piperidine rings is 1. The second kappa shape index (κ2) is 5.21. The maximum Gasteiger partial charge on any atom is 0.119 e. The average molecular weight is 220 g/mol. The highest BCUT2D eigenvalue weighted by Gasteiger charge is 2.13. The van der Waals surface area contributed by atoms with Gasteiger partial charge in [-0.1, -0.05) is 0 Å². The monoisotopic (exact) mass is 220 g/mol. The number of methoxy groups -OCH3 is 1. The number of rotatable bonds is 3. The quantitative estimate of drug-likeness (QED) is 0.819. The Morgan fingerprint density at radius 1 is 1.44 bits per heavy atom. The molecular formula is C13H20N2O. The van der Waals surface area contributed by atoms with Gasteiger partial charge in [-0.25, -0.2) is 0 Å². The van der Waals surface area contributed by atoms with E-state index in [0.29, 0.717) is 6.04 Å². The van der Waals surface area contributed by atoms with Gasteiger partial charge in [0.05, 0.1) is 7.11 Å². The Morgan fingerprint density at radius 2 is 2.31 bits per heavy atom. The third-order valence-electron chi connectivity index (χ3n) is 3.09. The molecule has 1 atom stereocenters. The number of anilines is 1. The molecule has 0 amide bonds. The predicted octanol–water partition coefficient (Wildman–Crippen LogP) is 2.17. The van der Waals surface area contributed by atoms with Crippen LogP contribution < -0.4 is 15.4 Å². The number of ether oxygens (including phenoxy) is 1. The van der Waals surface area contributed by atoms with Gasteiger partial charge >= 0.3 is 0 Å². The van der Waals surface area contributed by atoms with E-state index >= 15 is 0 Å². The SMILES string of the molecule is COc1ccc(NC2CCCNC2)c(C)c1. The summed E-state index contributed by atoms with van der Waals surface area (Å²) in [6.45, 7) is 4.33. The highest BCUT2D eigenvalue weighted by molar-refractivity contribution is 5.54. The molecule has 16 heavy (non-hydrogen) atoms. The first-order valence-corrected chi connectivity index (χ1v) is 5.91. The van der Waals surface area contributed by atoms with Crippen LogP contribution in [0, 0.1) is 6.92 Å². The molecule has 2 N–H and O–H groups in total. The van der Waals surface area contributed by atoms with Crippen molar-refractivity contribution in [2.45, 2.75) is 25.8 Å². The van der Waals surface area contributed by atoms with Gasteiger partial charge in [-0.2, -0.15) is 0 Å². The third kappa shape index (κ3) is 2.67. The molecule has 1 heterocycles.